The van der Waals surface area contributed by atoms with Gasteiger partial charge in [-0.05, 0) is 47.5 Å². The highest BCUT2D eigenvalue weighted by Crippen LogP contribution is 2.18. The highest BCUT2D eigenvalue weighted by molar-refractivity contribution is 4.77. The van der Waals surface area contributed by atoms with Crippen molar-refractivity contribution in [1.29, 1.82) is 0 Å². The molecule has 16 heavy (non-hydrogen) atoms. The van der Waals surface area contributed by atoms with E-state index in [0.29, 0.717) is 18.2 Å². The van der Waals surface area contributed by atoms with Crippen LogP contribution in [0, 0.1) is 0 Å². The Morgan fingerprint density at radius 1 is 1.31 bits per heavy atom. The molecule has 0 aliphatic carbocycles. The number of nitrogens with one attached hydrogen (secondary N) is 2. The van der Waals surface area contributed by atoms with Crippen LogP contribution >= 0.6 is 0 Å². The van der Waals surface area contributed by atoms with Crippen LogP contribution in [0.1, 0.15) is 47.5 Å². The van der Waals surface area contributed by atoms with E-state index in [0.717, 1.165) is 13.1 Å². The summed E-state index contributed by atoms with van der Waals surface area (Å²) in [5.41, 5.74) is 0.203. The summed E-state index contributed by atoms with van der Waals surface area (Å²) in [7, 11) is 0. The minimum absolute atomic E-state index is 0.203. The minimum atomic E-state index is 0.203. The second-order valence-corrected chi connectivity index (χ2v) is 6.09. The van der Waals surface area contributed by atoms with Gasteiger partial charge in [-0.2, -0.15) is 0 Å². The Bertz CT molecular complexity index is 201. The molecule has 3 atom stereocenters. The van der Waals surface area contributed by atoms with Gasteiger partial charge in [0, 0.05) is 24.7 Å². The molecule has 3 unspecified atom stereocenters. The molecule has 0 spiro atoms. The third-order valence-electron chi connectivity index (χ3n) is 2.95. The summed E-state index contributed by atoms with van der Waals surface area (Å²) in [5, 5.41) is 7.03. The monoisotopic (exact) mass is 228 g/mol. The van der Waals surface area contributed by atoms with Crippen molar-refractivity contribution >= 4 is 0 Å². The van der Waals surface area contributed by atoms with E-state index in [1.165, 1.54) is 12.8 Å². The molecule has 0 amide bonds. The quantitative estimate of drug-likeness (QED) is 0.754. The van der Waals surface area contributed by atoms with Crippen molar-refractivity contribution in [3.63, 3.8) is 0 Å². The van der Waals surface area contributed by atoms with Gasteiger partial charge in [-0.25, -0.2) is 0 Å². The lowest BCUT2D eigenvalue weighted by atomic mass is 10.1. The van der Waals surface area contributed by atoms with Gasteiger partial charge in [0.1, 0.15) is 0 Å². The molecular weight excluding hydrogens is 200 g/mol. The van der Waals surface area contributed by atoms with Crippen molar-refractivity contribution in [2.45, 2.75) is 71.2 Å². The Labute approximate surface area is 100 Å². The lowest BCUT2D eigenvalue weighted by Gasteiger charge is -2.24. The molecule has 96 valence electrons. The van der Waals surface area contributed by atoms with Crippen LogP contribution in [0.4, 0.5) is 0 Å². The van der Waals surface area contributed by atoms with Gasteiger partial charge in [-0.1, -0.05) is 0 Å². The van der Waals surface area contributed by atoms with Gasteiger partial charge < -0.3 is 15.4 Å². The summed E-state index contributed by atoms with van der Waals surface area (Å²) in [4.78, 5) is 0. The van der Waals surface area contributed by atoms with Crippen molar-refractivity contribution in [3.8, 4) is 0 Å². The van der Waals surface area contributed by atoms with Crippen LogP contribution in [0.25, 0.3) is 0 Å². The third-order valence-corrected chi connectivity index (χ3v) is 2.95. The van der Waals surface area contributed by atoms with Gasteiger partial charge in [0.15, 0.2) is 0 Å². The van der Waals surface area contributed by atoms with E-state index in [4.69, 9.17) is 4.74 Å². The topological polar surface area (TPSA) is 33.3 Å². The zero-order valence-corrected chi connectivity index (χ0v) is 11.5. The van der Waals surface area contributed by atoms with E-state index in [2.05, 4.69) is 45.3 Å². The van der Waals surface area contributed by atoms with Gasteiger partial charge in [-0.15, -0.1) is 0 Å². The molecule has 0 radical (unpaired) electrons. The zero-order valence-electron chi connectivity index (χ0n) is 11.5. The van der Waals surface area contributed by atoms with Crippen LogP contribution in [-0.2, 0) is 4.74 Å². The molecule has 1 aliphatic heterocycles. The number of ether oxygens (including phenoxy) is 1. The molecule has 1 fully saturated rings. The molecule has 1 rings (SSSR count). The predicted octanol–water partition coefficient (Wildman–Crippen LogP) is 1.92. The van der Waals surface area contributed by atoms with Gasteiger partial charge in [-0.3, -0.25) is 0 Å². The van der Waals surface area contributed by atoms with E-state index >= 15 is 0 Å². The maximum absolute atomic E-state index is 5.77. The molecule has 1 heterocycles. The van der Waals surface area contributed by atoms with Crippen LogP contribution in [0.5, 0.6) is 0 Å². The lowest BCUT2D eigenvalue weighted by molar-refractivity contribution is 0.0545. The Morgan fingerprint density at radius 2 is 2.00 bits per heavy atom. The third kappa shape index (κ3) is 5.83. The molecule has 0 bridgehead atoms. The van der Waals surface area contributed by atoms with E-state index in [-0.39, 0.29) is 5.54 Å². The van der Waals surface area contributed by atoms with Crippen molar-refractivity contribution in [3.05, 3.63) is 0 Å². The standard InChI is InChI=1S/C13H28N2O/c1-10(8-15-13(3,4)5)14-9-12-7-6-11(2)16-12/h10-12,14-15H,6-9H2,1-5H3. The summed E-state index contributed by atoms with van der Waals surface area (Å²) in [6, 6.07) is 0.499. The molecule has 1 saturated heterocycles. The van der Waals surface area contributed by atoms with Crippen LogP contribution in [0.15, 0.2) is 0 Å². The highest BCUT2D eigenvalue weighted by atomic mass is 16.5. The number of hydrogen-bond donors (Lipinski definition) is 2. The first-order valence-corrected chi connectivity index (χ1v) is 6.50. The summed E-state index contributed by atoms with van der Waals surface area (Å²) in [6.45, 7) is 13.0. The van der Waals surface area contributed by atoms with Crippen LogP contribution in [-0.4, -0.2) is 36.9 Å². The fourth-order valence-electron chi connectivity index (χ4n) is 1.90. The largest absolute Gasteiger partial charge is 0.374 e. The Morgan fingerprint density at radius 3 is 2.50 bits per heavy atom. The fraction of sp³-hybridized carbons (Fsp3) is 1.00. The Kier molecular flexibility index (Phi) is 5.22. The van der Waals surface area contributed by atoms with Crippen LogP contribution in [0.2, 0.25) is 0 Å². The number of rotatable bonds is 5. The van der Waals surface area contributed by atoms with Crippen LogP contribution < -0.4 is 10.6 Å². The number of hydrogen-bond acceptors (Lipinski definition) is 3. The van der Waals surface area contributed by atoms with Crippen molar-refractivity contribution < 1.29 is 4.74 Å². The molecule has 1 aliphatic rings. The first kappa shape index (κ1) is 13.9. The maximum Gasteiger partial charge on any atom is 0.0704 e. The van der Waals surface area contributed by atoms with Gasteiger partial charge in [0.25, 0.3) is 0 Å². The average molecular weight is 228 g/mol. The van der Waals surface area contributed by atoms with E-state index < -0.39 is 0 Å². The Balaban J connectivity index is 2.08. The predicted molar refractivity (Wildman–Crippen MR) is 68.8 cm³/mol. The van der Waals surface area contributed by atoms with Gasteiger partial charge in [0.05, 0.1) is 12.2 Å². The first-order valence-electron chi connectivity index (χ1n) is 6.50. The second kappa shape index (κ2) is 5.99. The summed E-state index contributed by atoms with van der Waals surface area (Å²) in [6.07, 6.45) is 3.29. The molecule has 3 nitrogen and oxygen atoms in total. The molecule has 0 aromatic carbocycles. The van der Waals surface area contributed by atoms with Crippen molar-refractivity contribution in [2.75, 3.05) is 13.1 Å². The van der Waals surface area contributed by atoms with Crippen molar-refractivity contribution in [2.24, 2.45) is 0 Å². The molecule has 0 aromatic rings. The molecule has 2 N–H and O–H groups in total. The average Bonchev–Trinajstić information content (AvgIpc) is 2.57. The minimum Gasteiger partial charge on any atom is -0.374 e. The zero-order chi connectivity index (χ0) is 12.2. The van der Waals surface area contributed by atoms with E-state index in [1.54, 1.807) is 0 Å². The van der Waals surface area contributed by atoms with Gasteiger partial charge in [0.2, 0.25) is 0 Å². The molecule has 0 saturated carbocycles. The van der Waals surface area contributed by atoms with Gasteiger partial charge >= 0.3 is 0 Å². The normalized spacial score (nSPS) is 28.3. The summed E-state index contributed by atoms with van der Waals surface area (Å²) in [5.74, 6) is 0. The van der Waals surface area contributed by atoms with Crippen molar-refractivity contribution in [1.82, 2.24) is 10.6 Å². The lowest BCUT2D eigenvalue weighted by Crippen LogP contribution is -2.46. The molecular formula is C13H28N2O. The van der Waals surface area contributed by atoms with E-state index in [9.17, 15) is 0 Å². The highest BCUT2D eigenvalue weighted by Gasteiger charge is 2.21. The second-order valence-electron chi connectivity index (χ2n) is 6.09. The molecule has 0 aromatic heterocycles. The SMILES string of the molecule is CC(CNC(C)(C)C)NCC1CCC(C)O1. The first-order chi connectivity index (χ1) is 7.37. The Hall–Kier alpha value is -0.120. The summed E-state index contributed by atoms with van der Waals surface area (Å²) < 4.78 is 5.77. The maximum atomic E-state index is 5.77. The smallest absolute Gasteiger partial charge is 0.0704 e. The van der Waals surface area contributed by atoms with E-state index in [1.807, 2.05) is 0 Å². The van der Waals surface area contributed by atoms with Crippen LogP contribution in [0.3, 0.4) is 0 Å². The summed E-state index contributed by atoms with van der Waals surface area (Å²) >= 11 is 0. The molecule has 3 heteroatoms. The fourth-order valence-corrected chi connectivity index (χ4v) is 1.90.